The summed E-state index contributed by atoms with van der Waals surface area (Å²) in [6.45, 7) is 4.34. The van der Waals surface area contributed by atoms with Gasteiger partial charge in [0, 0.05) is 17.1 Å². The predicted molar refractivity (Wildman–Crippen MR) is 73.5 cm³/mol. The molecule has 1 aliphatic rings. The van der Waals surface area contributed by atoms with Crippen molar-refractivity contribution in [2.24, 2.45) is 11.1 Å². The van der Waals surface area contributed by atoms with Gasteiger partial charge in [0.05, 0.1) is 0 Å². The largest absolute Gasteiger partial charge is 0.399 e. The highest BCUT2D eigenvalue weighted by atomic mass is 14.7. The number of hydrogen-bond acceptors (Lipinski definition) is 2. The number of anilines is 1. The molecule has 1 unspecified atom stereocenters. The molecular weight excluding hydrogens is 208 g/mol. The fourth-order valence-corrected chi connectivity index (χ4v) is 2.08. The number of nitrogens with two attached hydrogens (primary N) is 2. The fourth-order valence-electron chi connectivity index (χ4n) is 2.08. The SMILES string of the molecule is CC1(C)C=C(Cc2ccc(N)cc2)C=CC1N. The van der Waals surface area contributed by atoms with Gasteiger partial charge in [-0.2, -0.15) is 0 Å². The van der Waals surface area contributed by atoms with Gasteiger partial charge < -0.3 is 11.5 Å². The first kappa shape index (κ1) is 11.9. The molecule has 1 aromatic rings. The summed E-state index contributed by atoms with van der Waals surface area (Å²) in [6, 6.07) is 8.15. The number of benzene rings is 1. The normalized spacial score (nSPS) is 22.3. The second kappa shape index (κ2) is 4.38. The van der Waals surface area contributed by atoms with Gasteiger partial charge in [0.1, 0.15) is 0 Å². The summed E-state index contributed by atoms with van der Waals surface area (Å²) < 4.78 is 0. The summed E-state index contributed by atoms with van der Waals surface area (Å²) in [5.74, 6) is 0. The van der Waals surface area contributed by atoms with Gasteiger partial charge >= 0.3 is 0 Å². The zero-order valence-corrected chi connectivity index (χ0v) is 10.5. The topological polar surface area (TPSA) is 52.0 Å². The van der Waals surface area contributed by atoms with Gasteiger partial charge in [-0.05, 0) is 29.7 Å². The molecule has 4 N–H and O–H groups in total. The maximum atomic E-state index is 6.04. The van der Waals surface area contributed by atoms with E-state index < -0.39 is 0 Å². The molecule has 0 radical (unpaired) electrons. The third kappa shape index (κ3) is 2.77. The molecule has 2 rings (SSSR count). The number of rotatable bonds is 2. The maximum Gasteiger partial charge on any atom is 0.0314 e. The number of allylic oxidation sites excluding steroid dienone is 2. The zero-order chi connectivity index (χ0) is 12.5. The van der Waals surface area contributed by atoms with Gasteiger partial charge in [-0.3, -0.25) is 0 Å². The van der Waals surface area contributed by atoms with Gasteiger partial charge in [-0.1, -0.05) is 44.2 Å². The molecule has 2 nitrogen and oxygen atoms in total. The molecule has 0 saturated heterocycles. The van der Waals surface area contributed by atoms with Gasteiger partial charge in [-0.25, -0.2) is 0 Å². The zero-order valence-electron chi connectivity index (χ0n) is 10.5. The molecule has 0 aromatic heterocycles. The van der Waals surface area contributed by atoms with Crippen molar-refractivity contribution in [3.8, 4) is 0 Å². The van der Waals surface area contributed by atoms with Crippen LogP contribution in [0.25, 0.3) is 0 Å². The highest BCUT2D eigenvalue weighted by Gasteiger charge is 2.24. The van der Waals surface area contributed by atoms with Crippen LogP contribution in [0.3, 0.4) is 0 Å². The van der Waals surface area contributed by atoms with Crippen LogP contribution in [0, 0.1) is 5.41 Å². The third-order valence-corrected chi connectivity index (χ3v) is 3.32. The molecule has 0 spiro atoms. The molecular formula is C15H20N2. The number of nitrogen functional groups attached to an aromatic ring is 1. The quantitative estimate of drug-likeness (QED) is 0.765. The van der Waals surface area contributed by atoms with Gasteiger partial charge in [0.15, 0.2) is 0 Å². The molecule has 0 fully saturated rings. The van der Waals surface area contributed by atoms with E-state index in [4.69, 9.17) is 11.5 Å². The summed E-state index contributed by atoms with van der Waals surface area (Å²) in [5, 5.41) is 0. The Kier molecular flexibility index (Phi) is 3.07. The Balaban J connectivity index is 2.15. The van der Waals surface area contributed by atoms with Crippen molar-refractivity contribution in [3.05, 3.63) is 53.6 Å². The molecule has 1 aliphatic carbocycles. The highest BCUT2D eigenvalue weighted by molar-refractivity contribution is 5.42. The highest BCUT2D eigenvalue weighted by Crippen LogP contribution is 2.29. The van der Waals surface area contributed by atoms with Crippen molar-refractivity contribution < 1.29 is 0 Å². The summed E-state index contributed by atoms with van der Waals surface area (Å²) in [6.07, 6.45) is 7.43. The lowest BCUT2D eigenvalue weighted by Crippen LogP contribution is -2.35. The summed E-state index contributed by atoms with van der Waals surface area (Å²) in [5.41, 5.74) is 15.2. The minimum Gasteiger partial charge on any atom is -0.399 e. The van der Waals surface area contributed by atoms with E-state index in [0.717, 1.165) is 12.1 Å². The fraction of sp³-hybridized carbons (Fsp3) is 0.333. The average Bonchev–Trinajstić information content (AvgIpc) is 2.26. The molecule has 2 heteroatoms. The van der Waals surface area contributed by atoms with Crippen molar-refractivity contribution in [1.29, 1.82) is 0 Å². The molecule has 0 bridgehead atoms. The minimum atomic E-state index is 0.0396. The summed E-state index contributed by atoms with van der Waals surface area (Å²) >= 11 is 0. The standard InChI is InChI=1S/C15H20N2/c1-15(2)10-12(5-8-14(15)17)9-11-3-6-13(16)7-4-11/h3-8,10,14H,9,16-17H2,1-2H3. The Hall–Kier alpha value is -1.54. The monoisotopic (exact) mass is 228 g/mol. The van der Waals surface area contributed by atoms with E-state index in [1.807, 2.05) is 12.1 Å². The van der Waals surface area contributed by atoms with Crippen molar-refractivity contribution in [3.63, 3.8) is 0 Å². The van der Waals surface area contributed by atoms with Crippen LogP contribution in [0.15, 0.2) is 48.1 Å². The molecule has 0 aliphatic heterocycles. The molecule has 0 saturated carbocycles. The Morgan fingerprint density at radius 1 is 1.18 bits per heavy atom. The van der Waals surface area contributed by atoms with Crippen LogP contribution in [0.2, 0.25) is 0 Å². The van der Waals surface area contributed by atoms with Crippen molar-refractivity contribution in [2.75, 3.05) is 5.73 Å². The Labute approximate surface area is 103 Å². The van der Waals surface area contributed by atoms with Crippen LogP contribution in [-0.2, 0) is 6.42 Å². The van der Waals surface area contributed by atoms with E-state index in [-0.39, 0.29) is 11.5 Å². The van der Waals surface area contributed by atoms with Crippen LogP contribution in [-0.4, -0.2) is 6.04 Å². The van der Waals surface area contributed by atoms with E-state index in [2.05, 4.69) is 44.2 Å². The molecule has 17 heavy (non-hydrogen) atoms. The molecule has 0 heterocycles. The van der Waals surface area contributed by atoms with Crippen LogP contribution in [0.1, 0.15) is 19.4 Å². The lowest BCUT2D eigenvalue weighted by atomic mass is 9.78. The first-order chi connectivity index (χ1) is 7.97. The second-order valence-corrected chi connectivity index (χ2v) is 5.34. The maximum absolute atomic E-state index is 6.04. The van der Waals surface area contributed by atoms with Gasteiger partial charge in [-0.15, -0.1) is 0 Å². The second-order valence-electron chi connectivity index (χ2n) is 5.34. The molecule has 90 valence electrons. The first-order valence-electron chi connectivity index (χ1n) is 5.97. The minimum absolute atomic E-state index is 0.0396. The van der Waals surface area contributed by atoms with E-state index in [0.29, 0.717) is 0 Å². The van der Waals surface area contributed by atoms with Gasteiger partial charge in [0.25, 0.3) is 0 Å². The van der Waals surface area contributed by atoms with Crippen LogP contribution >= 0.6 is 0 Å². The Morgan fingerprint density at radius 3 is 2.41 bits per heavy atom. The average molecular weight is 228 g/mol. The predicted octanol–water partition coefficient (Wildman–Crippen LogP) is 2.66. The smallest absolute Gasteiger partial charge is 0.0314 e. The van der Waals surface area contributed by atoms with Crippen LogP contribution < -0.4 is 11.5 Å². The van der Waals surface area contributed by atoms with E-state index in [1.165, 1.54) is 11.1 Å². The molecule has 1 aromatic carbocycles. The Bertz CT molecular complexity index is 452. The van der Waals surface area contributed by atoms with Crippen LogP contribution in [0.4, 0.5) is 5.69 Å². The van der Waals surface area contributed by atoms with Crippen molar-refractivity contribution in [2.45, 2.75) is 26.3 Å². The van der Waals surface area contributed by atoms with Crippen molar-refractivity contribution in [1.82, 2.24) is 0 Å². The number of hydrogen-bond donors (Lipinski definition) is 2. The van der Waals surface area contributed by atoms with E-state index >= 15 is 0 Å². The lowest BCUT2D eigenvalue weighted by molar-refractivity contribution is 0.416. The molecule has 0 amide bonds. The van der Waals surface area contributed by atoms with Gasteiger partial charge in [0.2, 0.25) is 0 Å². The van der Waals surface area contributed by atoms with E-state index in [9.17, 15) is 0 Å². The van der Waals surface area contributed by atoms with E-state index in [1.54, 1.807) is 0 Å². The third-order valence-electron chi connectivity index (χ3n) is 3.32. The molecule has 1 atom stereocenters. The summed E-state index contributed by atoms with van der Waals surface area (Å²) in [4.78, 5) is 0. The first-order valence-corrected chi connectivity index (χ1v) is 5.97. The van der Waals surface area contributed by atoms with Crippen molar-refractivity contribution >= 4 is 5.69 Å². The van der Waals surface area contributed by atoms with Crippen LogP contribution in [0.5, 0.6) is 0 Å². The summed E-state index contributed by atoms with van der Waals surface area (Å²) in [7, 11) is 0. The lowest BCUT2D eigenvalue weighted by Gasteiger charge is -2.30. The Morgan fingerprint density at radius 2 is 1.82 bits per heavy atom.